The molecule has 3 aliphatic carbocycles. The predicted molar refractivity (Wildman–Crippen MR) is 164 cm³/mol. The highest BCUT2D eigenvalue weighted by atomic mass is 16.5. The van der Waals surface area contributed by atoms with Gasteiger partial charge in [-0.2, -0.15) is 0 Å². The lowest BCUT2D eigenvalue weighted by molar-refractivity contribution is -0.160. The number of para-hydroxylation sites is 1. The Balaban J connectivity index is 1.25. The number of ether oxygens (including phenoxy) is 1. The van der Waals surface area contributed by atoms with E-state index in [-0.39, 0.29) is 23.7 Å². The third-order valence-corrected chi connectivity index (χ3v) is 9.51. The maximum absolute atomic E-state index is 14.2. The fraction of sp³-hybridized carbons (Fsp3) is 0.389. The first-order chi connectivity index (χ1) is 20.9. The average Bonchev–Trinajstić information content (AvgIpc) is 3.30. The Morgan fingerprint density at radius 3 is 1.70 bits per heavy atom. The lowest BCUT2D eigenvalue weighted by Crippen LogP contribution is -2.47. The van der Waals surface area contributed by atoms with Crippen LogP contribution in [-0.2, 0) is 36.8 Å². The van der Waals surface area contributed by atoms with E-state index >= 15 is 0 Å². The van der Waals surface area contributed by atoms with Gasteiger partial charge in [0.15, 0.2) is 6.61 Å². The van der Waals surface area contributed by atoms with Crippen LogP contribution < -0.4 is 5.32 Å². The van der Waals surface area contributed by atoms with Crippen molar-refractivity contribution in [3.8, 4) is 0 Å². The number of hydrogen-bond acceptors (Lipinski definition) is 5. The zero-order valence-electron chi connectivity index (χ0n) is 25.0. The van der Waals surface area contributed by atoms with Crippen LogP contribution in [0.25, 0.3) is 0 Å². The molecule has 1 fully saturated rings. The van der Waals surface area contributed by atoms with Crippen LogP contribution in [0.15, 0.2) is 66.7 Å². The predicted octanol–water partition coefficient (Wildman–Crippen LogP) is 5.74. The van der Waals surface area contributed by atoms with Crippen molar-refractivity contribution in [1.82, 2.24) is 4.90 Å². The van der Waals surface area contributed by atoms with Gasteiger partial charge in [0, 0.05) is 17.5 Å². The molecule has 3 amide bonds. The molecule has 0 aromatic heterocycles. The molecule has 2 bridgehead atoms. The van der Waals surface area contributed by atoms with E-state index in [4.69, 9.17) is 4.74 Å². The second-order valence-corrected chi connectivity index (χ2v) is 11.8. The molecule has 1 aliphatic heterocycles. The number of imide groups is 1. The van der Waals surface area contributed by atoms with E-state index in [0.29, 0.717) is 12.8 Å². The van der Waals surface area contributed by atoms with Gasteiger partial charge in [0.1, 0.15) is 6.04 Å². The SMILES string of the molecule is CCCC[C@H](C(=O)OCC(=O)Nc1c(CC)cccc1CC)N1C(=O)[C@@H]2C3c4ccccc4C(c4ccccc43)[C@@H]2C1=O. The van der Waals surface area contributed by atoms with E-state index in [9.17, 15) is 19.2 Å². The summed E-state index contributed by atoms with van der Waals surface area (Å²) < 4.78 is 5.54. The molecule has 0 unspecified atom stereocenters. The summed E-state index contributed by atoms with van der Waals surface area (Å²) in [5.41, 5.74) is 7.09. The number of esters is 1. The Kier molecular flexibility index (Phi) is 7.91. The summed E-state index contributed by atoms with van der Waals surface area (Å²) in [5, 5.41) is 2.92. The van der Waals surface area contributed by atoms with E-state index < -0.39 is 36.4 Å². The Hall–Kier alpha value is -4.26. The summed E-state index contributed by atoms with van der Waals surface area (Å²) in [7, 11) is 0. The third-order valence-electron chi connectivity index (χ3n) is 9.51. The fourth-order valence-electron chi connectivity index (χ4n) is 7.57. The second kappa shape index (κ2) is 11.8. The first-order valence-corrected chi connectivity index (χ1v) is 15.5. The highest BCUT2D eigenvalue weighted by molar-refractivity contribution is 6.10. The fourth-order valence-corrected chi connectivity index (χ4v) is 7.57. The van der Waals surface area contributed by atoms with Crippen LogP contribution in [0, 0.1) is 11.8 Å². The number of carbonyl (C=O) groups excluding carboxylic acids is 4. The molecule has 3 atom stereocenters. The molecule has 222 valence electrons. The van der Waals surface area contributed by atoms with Crippen molar-refractivity contribution in [3.63, 3.8) is 0 Å². The maximum Gasteiger partial charge on any atom is 0.329 e. The number of nitrogens with zero attached hydrogens (tertiary/aromatic N) is 1. The van der Waals surface area contributed by atoms with Crippen LogP contribution in [0.5, 0.6) is 0 Å². The lowest BCUT2D eigenvalue weighted by Gasteiger charge is -2.45. The van der Waals surface area contributed by atoms with Crippen molar-refractivity contribution >= 4 is 29.4 Å². The van der Waals surface area contributed by atoms with E-state index in [1.165, 1.54) is 4.90 Å². The lowest BCUT2D eigenvalue weighted by atomic mass is 9.55. The van der Waals surface area contributed by atoms with Crippen LogP contribution in [0.3, 0.4) is 0 Å². The van der Waals surface area contributed by atoms with Gasteiger partial charge in [-0.25, -0.2) is 4.79 Å². The number of rotatable bonds is 10. The van der Waals surface area contributed by atoms with Gasteiger partial charge >= 0.3 is 5.97 Å². The van der Waals surface area contributed by atoms with Crippen molar-refractivity contribution in [3.05, 3.63) is 100 Å². The van der Waals surface area contributed by atoms with Crippen LogP contribution >= 0.6 is 0 Å². The Morgan fingerprint density at radius 1 is 0.767 bits per heavy atom. The molecule has 43 heavy (non-hydrogen) atoms. The molecule has 7 rings (SSSR count). The topological polar surface area (TPSA) is 92.8 Å². The van der Waals surface area contributed by atoms with Crippen molar-refractivity contribution in [1.29, 1.82) is 0 Å². The average molecular weight is 579 g/mol. The molecule has 3 aromatic carbocycles. The number of hydrogen-bond donors (Lipinski definition) is 1. The second-order valence-electron chi connectivity index (χ2n) is 11.8. The molecule has 7 nitrogen and oxygen atoms in total. The summed E-state index contributed by atoms with van der Waals surface area (Å²) >= 11 is 0. The zero-order chi connectivity index (χ0) is 30.2. The molecule has 4 aliphatic rings. The molecular formula is C36H38N2O5. The normalized spacial score (nSPS) is 22.1. The number of anilines is 1. The first kappa shape index (κ1) is 28.8. The highest BCUT2D eigenvalue weighted by Crippen LogP contribution is 2.61. The van der Waals surface area contributed by atoms with Crippen LogP contribution in [0.4, 0.5) is 5.69 Å². The summed E-state index contributed by atoms with van der Waals surface area (Å²) in [4.78, 5) is 56.2. The first-order valence-electron chi connectivity index (χ1n) is 15.5. The highest BCUT2D eigenvalue weighted by Gasteiger charge is 2.63. The summed E-state index contributed by atoms with van der Waals surface area (Å²) in [5.74, 6) is -3.43. The van der Waals surface area contributed by atoms with E-state index in [1.54, 1.807) is 0 Å². The van der Waals surface area contributed by atoms with Gasteiger partial charge in [0.2, 0.25) is 11.8 Å². The van der Waals surface area contributed by atoms with Crippen LogP contribution in [0.2, 0.25) is 0 Å². The minimum atomic E-state index is -1.07. The molecule has 1 N–H and O–H groups in total. The van der Waals surface area contributed by atoms with Gasteiger partial charge in [0.05, 0.1) is 11.8 Å². The Labute approximate surface area is 252 Å². The zero-order valence-corrected chi connectivity index (χ0v) is 25.0. The van der Waals surface area contributed by atoms with Gasteiger partial charge in [-0.05, 0) is 52.6 Å². The molecule has 0 spiro atoms. The molecular weight excluding hydrogens is 540 g/mol. The Morgan fingerprint density at radius 2 is 1.26 bits per heavy atom. The number of amides is 3. The van der Waals surface area contributed by atoms with Crippen LogP contribution in [-0.4, -0.2) is 41.2 Å². The van der Waals surface area contributed by atoms with Gasteiger partial charge in [0.25, 0.3) is 5.91 Å². The number of aryl methyl sites for hydroxylation is 2. The van der Waals surface area contributed by atoms with E-state index in [0.717, 1.165) is 58.3 Å². The quantitative estimate of drug-likeness (QED) is 0.245. The maximum atomic E-state index is 14.2. The number of likely N-dealkylation sites (tertiary alicyclic amines) is 1. The number of unbranched alkanes of at least 4 members (excludes halogenated alkanes) is 1. The molecule has 1 heterocycles. The van der Waals surface area contributed by atoms with Crippen molar-refractivity contribution in [2.75, 3.05) is 11.9 Å². The standard InChI is InChI=1S/C36H38N2O5/c1-4-7-19-27(36(42)43-20-28(39)37-33-21(5-2)13-12-14-22(33)6-3)38-34(40)31-29-23-15-8-9-16-24(23)30(32(31)35(38)41)26-18-11-10-17-25(26)29/h8-18,27,29-32H,4-7,19-20H2,1-3H3,(H,37,39)/t27-,29?,30?,31-,32+/m1/s1. The molecule has 0 saturated carbocycles. The number of carbonyl (C=O) groups is 4. The molecule has 7 heteroatoms. The van der Waals surface area contributed by atoms with Gasteiger partial charge < -0.3 is 10.1 Å². The largest absolute Gasteiger partial charge is 0.454 e. The van der Waals surface area contributed by atoms with Crippen molar-refractivity contribution in [2.45, 2.75) is 70.8 Å². The monoisotopic (exact) mass is 578 g/mol. The summed E-state index contributed by atoms with van der Waals surface area (Å²) in [6.07, 6.45) is 3.21. The van der Waals surface area contributed by atoms with Gasteiger partial charge in [-0.3, -0.25) is 19.3 Å². The minimum absolute atomic E-state index is 0.246. The van der Waals surface area contributed by atoms with Crippen molar-refractivity contribution < 1.29 is 23.9 Å². The summed E-state index contributed by atoms with van der Waals surface area (Å²) in [6, 6.07) is 21.0. The van der Waals surface area contributed by atoms with Gasteiger partial charge in [-0.15, -0.1) is 0 Å². The van der Waals surface area contributed by atoms with Crippen LogP contribution in [0.1, 0.15) is 85.3 Å². The molecule has 1 saturated heterocycles. The number of benzene rings is 3. The van der Waals surface area contributed by atoms with Gasteiger partial charge in [-0.1, -0.05) is 100 Å². The Bertz CT molecular complexity index is 1460. The number of nitrogens with one attached hydrogen (secondary N) is 1. The molecule has 0 radical (unpaired) electrons. The van der Waals surface area contributed by atoms with E-state index in [1.807, 2.05) is 63.2 Å². The summed E-state index contributed by atoms with van der Waals surface area (Å²) in [6.45, 7) is 5.54. The minimum Gasteiger partial charge on any atom is -0.454 e. The van der Waals surface area contributed by atoms with Crippen molar-refractivity contribution in [2.24, 2.45) is 11.8 Å². The third kappa shape index (κ3) is 4.75. The van der Waals surface area contributed by atoms with E-state index in [2.05, 4.69) is 29.6 Å². The smallest absolute Gasteiger partial charge is 0.329 e. The molecule has 3 aromatic rings.